The van der Waals surface area contributed by atoms with Crippen molar-refractivity contribution in [1.82, 2.24) is 5.32 Å². The van der Waals surface area contributed by atoms with Gasteiger partial charge in [-0.3, -0.25) is 0 Å². The number of aliphatic hydroxyl groups is 1. The lowest BCUT2D eigenvalue weighted by atomic mass is 10.1. The van der Waals surface area contributed by atoms with Crippen molar-refractivity contribution in [3.63, 3.8) is 0 Å². The molecule has 1 unspecified atom stereocenters. The molecule has 1 atom stereocenters. The minimum atomic E-state index is -0.136. The van der Waals surface area contributed by atoms with E-state index in [0.29, 0.717) is 5.25 Å². The highest BCUT2D eigenvalue weighted by Gasteiger charge is 2.23. The van der Waals surface area contributed by atoms with E-state index < -0.39 is 0 Å². The first-order valence-corrected chi connectivity index (χ1v) is 6.24. The van der Waals surface area contributed by atoms with Crippen LogP contribution >= 0.6 is 11.8 Å². The summed E-state index contributed by atoms with van der Waals surface area (Å²) in [7, 11) is 1.90. The van der Waals surface area contributed by atoms with Gasteiger partial charge in [-0.05, 0) is 26.8 Å². The number of hydrogen-bond donors (Lipinski definition) is 2. The third-order valence-corrected chi connectivity index (χ3v) is 4.51. The smallest absolute Gasteiger partial charge is 0.0618 e. The van der Waals surface area contributed by atoms with E-state index in [2.05, 4.69) is 12.2 Å². The van der Waals surface area contributed by atoms with Crippen LogP contribution in [0.1, 0.15) is 19.8 Å². The third kappa shape index (κ3) is 3.77. The third-order valence-electron chi connectivity index (χ3n) is 2.76. The Morgan fingerprint density at radius 2 is 2.14 bits per heavy atom. The van der Waals surface area contributed by atoms with Crippen LogP contribution in [0.3, 0.4) is 0 Å². The van der Waals surface area contributed by atoms with Crippen LogP contribution in [-0.4, -0.2) is 48.5 Å². The Balaban J connectivity index is 2.23. The molecule has 0 spiro atoms. The van der Waals surface area contributed by atoms with Gasteiger partial charge < -0.3 is 15.2 Å². The quantitative estimate of drug-likeness (QED) is 0.720. The zero-order valence-corrected chi connectivity index (χ0v) is 9.90. The summed E-state index contributed by atoms with van der Waals surface area (Å²) in [5.74, 6) is 0.963. The van der Waals surface area contributed by atoms with Gasteiger partial charge in [0.1, 0.15) is 0 Å². The number of likely N-dealkylation sites (N-methyl/N-ethyl adjacent to an activating group) is 1. The first-order chi connectivity index (χ1) is 6.70. The maximum atomic E-state index is 9.21. The molecule has 0 aromatic heterocycles. The minimum Gasteiger partial charge on any atom is -0.394 e. The molecule has 0 amide bonds. The second-order valence-corrected chi connectivity index (χ2v) is 5.38. The molecule has 0 aromatic rings. The lowest BCUT2D eigenvalue weighted by Gasteiger charge is -2.29. The maximum absolute atomic E-state index is 9.21. The normalized spacial score (nSPS) is 23.4. The predicted octanol–water partition coefficient (Wildman–Crippen LogP) is 0.869. The van der Waals surface area contributed by atoms with Crippen LogP contribution in [0.2, 0.25) is 0 Å². The molecule has 0 saturated carbocycles. The van der Waals surface area contributed by atoms with Gasteiger partial charge in [-0.25, -0.2) is 0 Å². The summed E-state index contributed by atoms with van der Waals surface area (Å²) in [5, 5.41) is 13.1. The second kappa shape index (κ2) is 5.95. The summed E-state index contributed by atoms with van der Waals surface area (Å²) in [5.41, 5.74) is -0.136. The molecule has 0 aromatic carbocycles. The van der Waals surface area contributed by atoms with Gasteiger partial charge in [0.15, 0.2) is 0 Å². The monoisotopic (exact) mass is 219 g/mol. The van der Waals surface area contributed by atoms with Crippen molar-refractivity contribution in [3.8, 4) is 0 Å². The van der Waals surface area contributed by atoms with E-state index in [1.165, 1.54) is 0 Å². The Hall–Kier alpha value is 0.230. The van der Waals surface area contributed by atoms with Gasteiger partial charge in [0.2, 0.25) is 0 Å². The van der Waals surface area contributed by atoms with Crippen molar-refractivity contribution >= 4 is 11.8 Å². The molecular formula is C10H21NO2S. The summed E-state index contributed by atoms with van der Waals surface area (Å²) in [4.78, 5) is 0. The fourth-order valence-electron chi connectivity index (χ4n) is 1.34. The van der Waals surface area contributed by atoms with E-state index >= 15 is 0 Å². The summed E-state index contributed by atoms with van der Waals surface area (Å²) < 4.78 is 5.31. The number of nitrogens with one attached hydrogen (secondary N) is 1. The topological polar surface area (TPSA) is 41.5 Å². The number of aliphatic hydroxyl groups excluding tert-OH is 1. The van der Waals surface area contributed by atoms with Gasteiger partial charge in [0.05, 0.1) is 6.61 Å². The minimum absolute atomic E-state index is 0.136. The molecule has 1 fully saturated rings. The molecule has 0 bridgehead atoms. The molecule has 1 rings (SSSR count). The van der Waals surface area contributed by atoms with Gasteiger partial charge in [-0.15, -0.1) is 0 Å². The van der Waals surface area contributed by atoms with Crippen LogP contribution in [0.4, 0.5) is 0 Å². The number of rotatable bonds is 5. The van der Waals surface area contributed by atoms with Crippen LogP contribution in [0.15, 0.2) is 0 Å². The molecule has 14 heavy (non-hydrogen) atoms. The van der Waals surface area contributed by atoms with Gasteiger partial charge >= 0.3 is 0 Å². The van der Waals surface area contributed by atoms with Gasteiger partial charge in [0.25, 0.3) is 0 Å². The van der Waals surface area contributed by atoms with Gasteiger partial charge in [-0.1, -0.05) is 0 Å². The van der Waals surface area contributed by atoms with Crippen LogP contribution in [0.25, 0.3) is 0 Å². The van der Waals surface area contributed by atoms with Crippen molar-refractivity contribution < 1.29 is 9.84 Å². The number of thioether (sulfide) groups is 1. The van der Waals surface area contributed by atoms with E-state index in [4.69, 9.17) is 4.74 Å². The summed E-state index contributed by atoms with van der Waals surface area (Å²) in [6.45, 7) is 4.04. The van der Waals surface area contributed by atoms with Crippen LogP contribution in [0.5, 0.6) is 0 Å². The van der Waals surface area contributed by atoms with Gasteiger partial charge in [0, 0.05) is 29.8 Å². The summed E-state index contributed by atoms with van der Waals surface area (Å²) in [6, 6.07) is 0. The zero-order chi connectivity index (χ0) is 10.4. The standard InChI is InChI=1S/C10H21NO2S/c1-10(7-12,11-2)8-14-9-3-5-13-6-4-9/h9,11-12H,3-8H2,1-2H3. The summed E-state index contributed by atoms with van der Waals surface area (Å²) in [6.07, 6.45) is 2.30. The fraction of sp³-hybridized carbons (Fsp3) is 1.00. The number of hydrogen-bond acceptors (Lipinski definition) is 4. The van der Waals surface area contributed by atoms with E-state index in [-0.39, 0.29) is 12.1 Å². The Kier molecular flexibility index (Phi) is 5.23. The molecule has 3 nitrogen and oxygen atoms in total. The number of ether oxygens (including phenoxy) is 1. The van der Waals surface area contributed by atoms with Crippen LogP contribution in [0, 0.1) is 0 Å². The Bertz CT molecular complexity index is 156. The van der Waals surface area contributed by atoms with Crippen molar-refractivity contribution in [3.05, 3.63) is 0 Å². The van der Waals surface area contributed by atoms with Crippen molar-refractivity contribution in [1.29, 1.82) is 0 Å². The fourth-order valence-corrected chi connectivity index (χ4v) is 2.71. The first-order valence-electron chi connectivity index (χ1n) is 5.19. The van der Waals surface area contributed by atoms with E-state index in [0.717, 1.165) is 31.8 Å². The molecule has 1 aliphatic rings. The highest BCUT2D eigenvalue weighted by molar-refractivity contribution is 8.00. The Morgan fingerprint density at radius 3 is 2.64 bits per heavy atom. The van der Waals surface area contributed by atoms with Gasteiger partial charge in [-0.2, -0.15) is 11.8 Å². The predicted molar refractivity (Wildman–Crippen MR) is 60.8 cm³/mol. The van der Waals surface area contributed by atoms with E-state index in [1.54, 1.807) is 0 Å². The lowest BCUT2D eigenvalue weighted by molar-refractivity contribution is 0.0998. The average molecular weight is 219 g/mol. The average Bonchev–Trinajstić information content (AvgIpc) is 2.27. The van der Waals surface area contributed by atoms with Crippen LogP contribution in [-0.2, 0) is 4.74 Å². The van der Waals surface area contributed by atoms with Crippen LogP contribution < -0.4 is 5.32 Å². The van der Waals surface area contributed by atoms with Crippen molar-refractivity contribution in [2.24, 2.45) is 0 Å². The van der Waals surface area contributed by atoms with E-state index in [1.807, 2.05) is 18.8 Å². The summed E-state index contributed by atoms with van der Waals surface area (Å²) >= 11 is 1.95. The molecule has 0 aliphatic carbocycles. The molecule has 84 valence electrons. The van der Waals surface area contributed by atoms with Crippen molar-refractivity contribution in [2.45, 2.75) is 30.6 Å². The molecule has 4 heteroatoms. The zero-order valence-electron chi connectivity index (χ0n) is 9.08. The SMILES string of the molecule is CNC(C)(CO)CSC1CCOCC1. The molecule has 2 N–H and O–H groups in total. The molecule has 1 saturated heterocycles. The largest absolute Gasteiger partial charge is 0.394 e. The Morgan fingerprint density at radius 1 is 1.50 bits per heavy atom. The molecule has 1 heterocycles. The van der Waals surface area contributed by atoms with Crippen molar-refractivity contribution in [2.75, 3.05) is 32.6 Å². The second-order valence-electron chi connectivity index (χ2n) is 4.09. The first kappa shape index (κ1) is 12.3. The highest BCUT2D eigenvalue weighted by atomic mass is 32.2. The Labute approximate surface area is 90.6 Å². The van der Waals surface area contributed by atoms with E-state index in [9.17, 15) is 5.11 Å². The molecule has 1 aliphatic heterocycles. The molecular weight excluding hydrogens is 198 g/mol. The molecule has 0 radical (unpaired) electrons. The maximum Gasteiger partial charge on any atom is 0.0618 e. The lowest BCUT2D eigenvalue weighted by Crippen LogP contribution is -2.46. The highest BCUT2D eigenvalue weighted by Crippen LogP contribution is 2.25.